The number of nitrogens with zero attached hydrogens (tertiary/aromatic N) is 1. The molecule has 3 heteroatoms. The third kappa shape index (κ3) is 2.71. The Morgan fingerprint density at radius 2 is 2.21 bits per heavy atom. The summed E-state index contributed by atoms with van der Waals surface area (Å²) in [6.07, 6.45) is 2.75. The summed E-state index contributed by atoms with van der Waals surface area (Å²) in [4.78, 5) is 13.8. The van der Waals surface area contributed by atoms with Gasteiger partial charge in [0.25, 0.3) is 0 Å². The van der Waals surface area contributed by atoms with Gasteiger partial charge < -0.3 is 9.64 Å². The van der Waals surface area contributed by atoms with Gasteiger partial charge in [0.1, 0.15) is 0 Å². The molecule has 0 aromatic heterocycles. The van der Waals surface area contributed by atoms with Crippen molar-refractivity contribution in [3.63, 3.8) is 0 Å². The molecule has 1 aliphatic rings. The van der Waals surface area contributed by atoms with Crippen LogP contribution in [0.3, 0.4) is 0 Å². The number of unbranched alkanes of at least 4 members (excludes halogenated alkanes) is 1. The molecule has 0 atom stereocenters. The summed E-state index contributed by atoms with van der Waals surface area (Å²) in [6, 6.07) is 0. The van der Waals surface area contributed by atoms with Crippen LogP contribution in [0.15, 0.2) is 0 Å². The van der Waals surface area contributed by atoms with E-state index in [2.05, 4.69) is 20.8 Å². The van der Waals surface area contributed by atoms with E-state index in [1.54, 1.807) is 0 Å². The topological polar surface area (TPSA) is 29.5 Å². The van der Waals surface area contributed by atoms with Gasteiger partial charge in [-0.05, 0) is 20.3 Å². The predicted molar refractivity (Wildman–Crippen MR) is 56.1 cm³/mol. The lowest BCUT2D eigenvalue weighted by molar-refractivity contribution is -0.146. The summed E-state index contributed by atoms with van der Waals surface area (Å²) in [5.41, 5.74) is -0.122. The molecule has 0 aliphatic carbocycles. The van der Waals surface area contributed by atoms with E-state index in [-0.39, 0.29) is 11.4 Å². The average molecular weight is 199 g/mol. The summed E-state index contributed by atoms with van der Waals surface area (Å²) in [7, 11) is 0. The fraction of sp³-hybridized carbons (Fsp3) is 0.909. The van der Waals surface area contributed by atoms with Crippen LogP contribution in [-0.4, -0.2) is 36.1 Å². The zero-order chi connectivity index (χ0) is 10.6. The molecular formula is C11H21NO2. The van der Waals surface area contributed by atoms with Crippen molar-refractivity contribution in [3.8, 4) is 0 Å². The van der Waals surface area contributed by atoms with Crippen LogP contribution in [0.5, 0.6) is 0 Å². The third-order valence-electron chi connectivity index (χ3n) is 2.69. The second-order valence-corrected chi connectivity index (χ2v) is 4.51. The first kappa shape index (κ1) is 11.5. The summed E-state index contributed by atoms with van der Waals surface area (Å²) in [6.45, 7) is 8.32. The Balaban J connectivity index is 2.51. The monoisotopic (exact) mass is 199 g/mol. The molecule has 0 N–H and O–H groups in total. The van der Waals surface area contributed by atoms with E-state index in [1.807, 2.05) is 4.90 Å². The minimum atomic E-state index is -0.122. The lowest BCUT2D eigenvalue weighted by Crippen LogP contribution is -2.55. The second kappa shape index (κ2) is 4.78. The molecule has 14 heavy (non-hydrogen) atoms. The molecule has 0 bridgehead atoms. The van der Waals surface area contributed by atoms with Crippen LogP contribution in [0.4, 0.5) is 0 Å². The number of rotatable bonds is 3. The minimum absolute atomic E-state index is 0.122. The van der Waals surface area contributed by atoms with Gasteiger partial charge in [0, 0.05) is 13.0 Å². The van der Waals surface area contributed by atoms with Gasteiger partial charge in [0.15, 0.2) is 0 Å². The van der Waals surface area contributed by atoms with Crippen LogP contribution in [0.25, 0.3) is 0 Å². The Hall–Kier alpha value is -0.570. The van der Waals surface area contributed by atoms with Crippen molar-refractivity contribution in [2.45, 2.75) is 45.6 Å². The van der Waals surface area contributed by atoms with Crippen molar-refractivity contribution >= 4 is 5.91 Å². The zero-order valence-corrected chi connectivity index (χ0v) is 9.51. The van der Waals surface area contributed by atoms with Crippen LogP contribution in [0.2, 0.25) is 0 Å². The Morgan fingerprint density at radius 1 is 1.50 bits per heavy atom. The van der Waals surface area contributed by atoms with E-state index in [9.17, 15) is 4.79 Å². The van der Waals surface area contributed by atoms with Crippen molar-refractivity contribution in [2.75, 3.05) is 19.8 Å². The molecule has 0 aromatic rings. The third-order valence-corrected chi connectivity index (χ3v) is 2.69. The fourth-order valence-electron chi connectivity index (χ4n) is 1.78. The smallest absolute Gasteiger partial charge is 0.223 e. The van der Waals surface area contributed by atoms with Crippen LogP contribution < -0.4 is 0 Å². The van der Waals surface area contributed by atoms with E-state index < -0.39 is 0 Å². The summed E-state index contributed by atoms with van der Waals surface area (Å²) in [5, 5.41) is 0. The van der Waals surface area contributed by atoms with Gasteiger partial charge in [-0.1, -0.05) is 13.3 Å². The largest absolute Gasteiger partial charge is 0.377 e. The van der Waals surface area contributed by atoms with Crippen molar-refractivity contribution < 1.29 is 9.53 Å². The standard InChI is InChI=1S/C11H21NO2/c1-4-5-6-10(13)12-7-8-14-9-11(12,2)3/h4-9H2,1-3H3. The Kier molecular flexibility index (Phi) is 3.93. The lowest BCUT2D eigenvalue weighted by atomic mass is 10.0. The van der Waals surface area contributed by atoms with Gasteiger partial charge in [-0.3, -0.25) is 4.79 Å². The molecule has 0 saturated carbocycles. The highest BCUT2D eigenvalue weighted by Gasteiger charge is 2.33. The van der Waals surface area contributed by atoms with Crippen LogP contribution in [0.1, 0.15) is 40.0 Å². The highest BCUT2D eigenvalue weighted by Crippen LogP contribution is 2.20. The van der Waals surface area contributed by atoms with Crippen molar-refractivity contribution in [1.82, 2.24) is 4.90 Å². The normalized spacial score (nSPS) is 20.9. The van der Waals surface area contributed by atoms with Gasteiger partial charge in [-0.15, -0.1) is 0 Å². The van der Waals surface area contributed by atoms with E-state index in [0.717, 1.165) is 19.4 Å². The number of morpholine rings is 1. The predicted octanol–water partition coefficient (Wildman–Crippen LogP) is 1.81. The second-order valence-electron chi connectivity index (χ2n) is 4.51. The first-order valence-corrected chi connectivity index (χ1v) is 5.46. The molecule has 82 valence electrons. The fourth-order valence-corrected chi connectivity index (χ4v) is 1.78. The Labute approximate surface area is 86.4 Å². The number of hydrogen-bond acceptors (Lipinski definition) is 2. The molecule has 1 heterocycles. The van der Waals surface area contributed by atoms with E-state index in [1.165, 1.54) is 0 Å². The molecule has 1 aliphatic heterocycles. The summed E-state index contributed by atoms with van der Waals surface area (Å²) in [5.74, 6) is 0.278. The van der Waals surface area contributed by atoms with Crippen molar-refractivity contribution in [3.05, 3.63) is 0 Å². The molecule has 0 spiro atoms. The van der Waals surface area contributed by atoms with Crippen LogP contribution in [-0.2, 0) is 9.53 Å². The van der Waals surface area contributed by atoms with Crippen LogP contribution >= 0.6 is 0 Å². The summed E-state index contributed by atoms with van der Waals surface area (Å²) >= 11 is 0. The summed E-state index contributed by atoms with van der Waals surface area (Å²) < 4.78 is 5.38. The Morgan fingerprint density at radius 3 is 2.79 bits per heavy atom. The number of carbonyl (C=O) groups excluding carboxylic acids is 1. The molecule has 1 saturated heterocycles. The van der Waals surface area contributed by atoms with Gasteiger partial charge in [0.05, 0.1) is 18.8 Å². The molecule has 1 amide bonds. The van der Waals surface area contributed by atoms with Gasteiger partial charge in [-0.25, -0.2) is 0 Å². The number of amides is 1. The van der Waals surface area contributed by atoms with E-state index in [0.29, 0.717) is 19.6 Å². The molecule has 1 rings (SSSR count). The molecule has 1 fully saturated rings. The maximum Gasteiger partial charge on any atom is 0.223 e. The Bertz CT molecular complexity index is 201. The zero-order valence-electron chi connectivity index (χ0n) is 9.51. The maximum atomic E-state index is 11.8. The molecule has 0 radical (unpaired) electrons. The SMILES string of the molecule is CCCCC(=O)N1CCOCC1(C)C. The highest BCUT2D eigenvalue weighted by atomic mass is 16.5. The molecular weight excluding hydrogens is 178 g/mol. The number of carbonyl (C=O) groups is 1. The van der Waals surface area contributed by atoms with Gasteiger partial charge in [0.2, 0.25) is 5.91 Å². The average Bonchev–Trinajstić information content (AvgIpc) is 2.13. The first-order valence-electron chi connectivity index (χ1n) is 5.46. The molecule has 0 unspecified atom stereocenters. The lowest BCUT2D eigenvalue weighted by Gasteiger charge is -2.42. The highest BCUT2D eigenvalue weighted by molar-refractivity contribution is 5.77. The number of ether oxygens (including phenoxy) is 1. The molecule has 3 nitrogen and oxygen atoms in total. The van der Waals surface area contributed by atoms with E-state index in [4.69, 9.17) is 4.74 Å². The quantitative estimate of drug-likeness (QED) is 0.694. The minimum Gasteiger partial charge on any atom is -0.377 e. The number of hydrogen-bond donors (Lipinski definition) is 0. The molecule has 0 aromatic carbocycles. The van der Waals surface area contributed by atoms with Crippen molar-refractivity contribution in [2.24, 2.45) is 0 Å². The van der Waals surface area contributed by atoms with E-state index >= 15 is 0 Å². The van der Waals surface area contributed by atoms with Crippen molar-refractivity contribution in [1.29, 1.82) is 0 Å². The maximum absolute atomic E-state index is 11.8. The first-order chi connectivity index (χ1) is 6.58. The van der Waals surface area contributed by atoms with Crippen LogP contribution in [0, 0.1) is 0 Å². The van der Waals surface area contributed by atoms with Gasteiger partial charge >= 0.3 is 0 Å². The van der Waals surface area contributed by atoms with Gasteiger partial charge in [-0.2, -0.15) is 0 Å².